The van der Waals surface area contributed by atoms with E-state index in [4.69, 9.17) is 23.6 Å². The number of hydrogen-bond donors (Lipinski definition) is 0. The smallest absolute Gasteiger partial charge is 0.338 e. The molecular weight excluding hydrogens is 610 g/mol. The number of nitrogens with zero attached hydrogens (tertiary/aromatic N) is 3. The summed E-state index contributed by atoms with van der Waals surface area (Å²) in [7, 11) is 2.98. The Hall–Kier alpha value is -5.75. The first kappa shape index (κ1) is 30.3. The lowest BCUT2D eigenvalue weighted by atomic mass is 9.93. The number of furan rings is 1. The number of benzene rings is 3. The number of thiazole rings is 1. The molecule has 3 aromatic carbocycles. The highest BCUT2D eigenvalue weighted by Crippen LogP contribution is 2.36. The lowest BCUT2D eigenvalue weighted by Crippen LogP contribution is -2.40. The molecule has 46 heavy (non-hydrogen) atoms. The number of nitro benzene ring substituents is 1. The van der Waals surface area contributed by atoms with Gasteiger partial charge in [-0.1, -0.05) is 53.8 Å². The third-order valence-corrected chi connectivity index (χ3v) is 8.35. The molecule has 0 amide bonds. The Bertz CT molecular complexity index is 2160. The number of fused-ring (bicyclic) bond motifs is 1. The Labute approximate surface area is 266 Å². The van der Waals surface area contributed by atoms with E-state index in [9.17, 15) is 19.7 Å². The molecule has 0 aliphatic carbocycles. The van der Waals surface area contributed by atoms with Crippen molar-refractivity contribution in [1.82, 2.24) is 4.57 Å². The highest BCUT2D eigenvalue weighted by molar-refractivity contribution is 7.07. The van der Waals surface area contributed by atoms with Gasteiger partial charge >= 0.3 is 5.97 Å². The summed E-state index contributed by atoms with van der Waals surface area (Å²) in [5.74, 6) is 1.09. The highest BCUT2D eigenvalue weighted by Gasteiger charge is 2.35. The van der Waals surface area contributed by atoms with Gasteiger partial charge in [0.2, 0.25) is 0 Å². The van der Waals surface area contributed by atoms with Gasteiger partial charge in [-0.15, -0.1) is 0 Å². The van der Waals surface area contributed by atoms with Crippen molar-refractivity contribution in [1.29, 1.82) is 0 Å². The van der Waals surface area contributed by atoms with Crippen molar-refractivity contribution in [2.24, 2.45) is 4.99 Å². The molecule has 232 valence electrons. The number of hydrogen-bond acceptors (Lipinski definition) is 10. The zero-order chi connectivity index (χ0) is 32.4. The minimum absolute atomic E-state index is 0.114. The van der Waals surface area contributed by atoms with Gasteiger partial charge in [0.1, 0.15) is 23.0 Å². The molecule has 1 aliphatic heterocycles. The molecule has 1 atom stereocenters. The summed E-state index contributed by atoms with van der Waals surface area (Å²) in [6.07, 6.45) is 1.60. The minimum Gasteiger partial charge on any atom is -0.497 e. The van der Waals surface area contributed by atoms with E-state index in [0.717, 1.165) is 11.3 Å². The summed E-state index contributed by atoms with van der Waals surface area (Å²) in [5, 5.41) is 11.2. The normalized spacial score (nSPS) is 14.4. The number of esters is 1. The SMILES string of the molecule is CCOC(=O)C1=C(c2ccccc2)N=c2s/c(=C\c3ccc(-c4ccc([N+](=O)[O-])cc4OC)o3)c(=O)n2C1c1ccc(OC)cc1. The van der Waals surface area contributed by atoms with Crippen LogP contribution in [0.1, 0.15) is 29.9 Å². The van der Waals surface area contributed by atoms with Gasteiger partial charge in [0.25, 0.3) is 11.2 Å². The molecule has 0 radical (unpaired) electrons. The Balaban J connectivity index is 1.52. The average Bonchev–Trinajstić information content (AvgIpc) is 3.67. The third-order valence-electron chi connectivity index (χ3n) is 7.37. The van der Waals surface area contributed by atoms with Gasteiger partial charge in [-0.25, -0.2) is 9.79 Å². The highest BCUT2D eigenvalue weighted by atomic mass is 32.1. The average molecular weight is 638 g/mol. The van der Waals surface area contributed by atoms with Crippen LogP contribution in [0, 0.1) is 10.1 Å². The van der Waals surface area contributed by atoms with Gasteiger partial charge in [0.05, 0.1) is 59.2 Å². The molecule has 0 spiro atoms. The Morgan fingerprint density at radius 2 is 1.80 bits per heavy atom. The van der Waals surface area contributed by atoms with E-state index in [1.807, 2.05) is 42.5 Å². The minimum atomic E-state index is -0.838. The van der Waals surface area contributed by atoms with Crippen LogP contribution in [0.4, 0.5) is 5.69 Å². The van der Waals surface area contributed by atoms with Crippen molar-refractivity contribution < 1.29 is 28.3 Å². The van der Waals surface area contributed by atoms with Crippen molar-refractivity contribution in [2.75, 3.05) is 20.8 Å². The van der Waals surface area contributed by atoms with Crippen LogP contribution >= 0.6 is 11.3 Å². The third kappa shape index (κ3) is 5.61. The van der Waals surface area contributed by atoms with Gasteiger partial charge in [-0.3, -0.25) is 19.5 Å². The van der Waals surface area contributed by atoms with Crippen molar-refractivity contribution in [3.05, 3.63) is 137 Å². The number of nitro groups is 1. The summed E-state index contributed by atoms with van der Waals surface area (Å²) in [5.41, 5.74) is 2.06. The maximum Gasteiger partial charge on any atom is 0.338 e. The van der Waals surface area contributed by atoms with E-state index in [-0.39, 0.29) is 29.2 Å². The second-order valence-electron chi connectivity index (χ2n) is 10.0. The molecule has 0 saturated carbocycles. The maximum absolute atomic E-state index is 14.1. The first-order chi connectivity index (χ1) is 22.3. The first-order valence-electron chi connectivity index (χ1n) is 14.2. The Kier molecular flexibility index (Phi) is 8.36. The van der Waals surface area contributed by atoms with Crippen molar-refractivity contribution in [3.8, 4) is 22.8 Å². The van der Waals surface area contributed by atoms with E-state index < -0.39 is 16.9 Å². The van der Waals surface area contributed by atoms with Crippen molar-refractivity contribution >= 4 is 34.8 Å². The fourth-order valence-corrected chi connectivity index (χ4v) is 6.22. The Morgan fingerprint density at radius 1 is 1.04 bits per heavy atom. The standard InChI is InChI=1S/C34H27N3O8S/c1-4-44-33(39)29-30(20-8-6-5-7-9-20)35-34-36(31(29)21-10-13-23(42-2)14-11-21)32(38)28(46-34)19-24-15-17-26(45-24)25-16-12-22(37(40)41)18-27(25)43-3/h5-19,31H,4H2,1-3H3/b28-19-. The van der Waals surface area contributed by atoms with Crippen molar-refractivity contribution in [2.45, 2.75) is 13.0 Å². The summed E-state index contributed by atoms with van der Waals surface area (Å²) in [6.45, 7) is 1.87. The van der Waals surface area contributed by atoms with Crippen LogP contribution < -0.4 is 24.4 Å². The quantitative estimate of drug-likeness (QED) is 0.123. The van der Waals surface area contributed by atoms with Crippen LogP contribution in [0.3, 0.4) is 0 Å². The summed E-state index contributed by atoms with van der Waals surface area (Å²) in [4.78, 5) is 43.7. The number of carbonyl (C=O) groups is 1. The zero-order valence-corrected chi connectivity index (χ0v) is 25.8. The molecule has 3 heterocycles. The summed E-state index contributed by atoms with van der Waals surface area (Å²) in [6, 6.07) is 23.2. The molecular formula is C34H27N3O8S. The predicted octanol–water partition coefficient (Wildman–Crippen LogP) is 5.12. The largest absolute Gasteiger partial charge is 0.497 e. The van der Waals surface area contributed by atoms with Gasteiger partial charge < -0.3 is 18.6 Å². The molecule has 0 fully saturated rings. The molecule has 12 heteroatoms. The van der Waals surface area contributed by atoms with E-state index >= 15 is 0 Å². The number of ether oxygens (including phenoxy) is 3. The van der Waals surface area contributed by atoms with Crippen LogP contribution in [0.15, 0.2) is 105 Å². The van der Waals surface area contributed by atoms with Crippen LogP contribution in [-0.4, -0.2) is 36.3 Å². The molecule has 0 bridgehead atoms. The number of non-ortho nitro benzene ring substituents is 1. The second-order valence-corrected chi connectivity index (χ2v) is 11.1. The zero-order valence-electron chi connectivity index (χ0n) is 25.0. The summed E-state index contributed by atoms with van der Waals surface area (Å²) < 4.78 is 24.1. The molecule has 11 nitrogen and oxygen atoms in total. The predicted molar refractivity (Wildman–Crippen MR) is 171 cm³/mol. The van der Waals surface area contributed by atoms with Gasteiger partial charge in [0, 0.05) is 17.7 Å². The molecule has 0 saturated heterocycles. The summed E-state index contributed by atoms with van der Waals surface area (Å²) >= 11 is 1.16. The van der Waals surface area contributed by atoms with Gasteiger partial charge in [-0.05, 0) is 42.8 Å². The van der Waals surface area contributed by atoms with E-state index in [2.05, 4.69) is 0 Å². The topological polar surface area (TPSA) is 135 Å². The van der Waals surface area contributed by atoms with E-state index in [0.29, 0.717) is 49.0 Å². The molecule has 2 aromatic heterocycles. The fraction of sp³-hybridized carbons (Fsp3) is 0.147. The van der Waals surface area contributed by atoms with Gasteiger partial charge in [-0.2, -0.15) is 0 Å². The number of methoxy groups -OCH3 is 2. The van der Waals surface area contributed by atoms with Gasteiger partial charge in [0.15, 0.2) is 4.80 Å². The van der Waals surface area contributed by atoms with E-state index in [1.54, 1.807) is 50.4 Å². The molecule has 6 rings (SSSR count). The van der Waals surface area contributed by atoms with Crippen LogP contribution in [0.25, 0.3) is 23.1 Å². The molecule has 0 N–H and O–H groups in total. The van der Waals surface area contributed by atoms with Crippen LogP contribution in [0.2, 0.25) is 0 Å². The fourth-order valence-electron chi connectivity index (χ4n) is 5.24. The van der Waals surface area contributed by atoms with Crippen molar-refractivity contribution in [3.63, 3.8) is 0 Å². The molecule has 1 aliphatic rings. The van der Waals surface area contributed by atoms with Crippen LogP contribution in [0.5, 0.6) is 11.5 Å². The monoisotopic (exact) mass is 637 g/mol. The maximum atomic E-state index is 14.1. The first-order valence-corrected chi connectivity index (χ1v) is 15.0. The number of aromatic nitrogens is 1. The second kappa shape index (κ2) is 12.7. The molecule has 5 aromatic rings. The lowest BCUT2D eigenvalue weighted by molar-refractivity contribution is -0.384. The number of carbonyl (C=O) groups excluding carboxylic acids is 1. The molecule has 1 unspecified atom stereocenters. The van der Waals surface area contributed by atoms with E-state index in [1.165, 1.54) is 23.8 Å². The Morgan fingerprint density at radius 3 is 2.48 bits per heavy atom. The number of rotatable bonds is 9. The van der Waals surface area contributed by atoms with Crippen LogP contribution in [-0.2, 0) is 9.53 Å². The lowest BCUT2D eigenvalue weighted by Gasteiger charge is -2.26.